The van der Waals surface area contributed by atoms with Crippen molar-refractivity contribution in [2.24, 2.45) is 0 Å². The molecule has 0 unspecified atom stereocenters. The summed E-state index contributed by atoms with van der Waals surface area (Å²) in [6, 6.07) is 11.5. The molecule has 4 rings (SSSR count). The fourth-order valence-corrected chi connectivity index (χ4v) is 4.01. The zero-order valence-electron chi connectivity index (χ0n) is 15.1. The summed E-state index contributed by atoms with van der Waals surface area (Å²) in [6.07, 6.45) is 1.57. The first kappa shape index (κ1) is 18.5. The number of aryl methyl sites for hydroxylation is 1. The molecule has 10 heteroatoms. The quantitative estimate of drug-likeness (QED) is 0.265. The average molecular weight is 415 g/mol. The molecule has 0 amide bonds. The van der Waals surface area contributed by atoms with Crippen molar-refractivity contribution in [2.45, 2.75) is 18.0 Å². The van der Waals surface area contributed by atoms with E-state index >= 15 is 0 Å². The summed E-state index contributed by atoms with van der Waals surface area (Å²) in [5, 5.41) is 15.1. The van der Waals surface area contributed by atoms with E-state index in [0.717, 1.165) is 28.4 Å². The zero-order valence-corrected chi connectivity index (χ0v) is 16.7. The molecule has 0 aliphatic carbocycles. The Morgan fingerprint density at radius 3 is 2.82 bits per heavy atom. The van der Waals surface area contributed by atoms with Crippen LogP contribution in [0.1, 0.15) is 12.3 Å². The van der Waals surface area contributed by atoms with Gasteiger partial charge in [-0.1, -0.05) is 23.0 Å². The topological polar surface area (TPSA) is 105 Å². The van der Waals surface area contributed by atoms with Crippen LogP contribution in [0.25, 0.3) is 22.1 Å². The lowest BCUT2D eigenvalue weighted by molar-refractivity contribution is 0.378. The maximum absolute atomic E-state index is 6.16. The summed E-state index contributed by atoms with van der Waals surface area (Å²) in [5.74, 6) is 9.64. The Morgan fingerprint density at radius 1 is 1.21 bits per heavy atom. The van der Waals surface area contributed by atoms with Crippen molar-refractivity contribution >= 4 is 23.1 Å². The van der Waals surface area contributed by atoms with Crippen molar-refractivity contribution in [3.63, 3.8) is 0 Å². The van der Waals surface area contributed by atoms with Gasteiger partial charge in [-0.25, -0.2) is 4.68 Å². The molecule has 3 heterocycles. The van der Waals surface area contributed by atoms with Gasteiger partial charge >= 0.3 is 0 Å². The summed E-state index contributed by atoms with van der Waals surface area (Å²) in [4.78, 5) is 5.43. The standard InChI is InChI=1S/C18H18N6O2S2/c1-25-13-8-6-12(7-9-13)17-21-22-18(24(17)19)28-11-3-5-15-20-16(23-26-15)14-4-2-10-27-14/h2,4,6-10H,3,5,11,19H2,1H3. The van der Waals surface area contributed by atoms with E-state index < -0.39 is 0 Å². The second-order valence-corrected chi connectivity index (χ2v) is 7.86. The van der Waals surface area contributed by atoms with Gasteiger partial charge in [0.2, 0.25) is 16.9 Å². The molecule has 0 saturated carbocycles. The molecule has 144 valence electrons. The van der Waals surface area contributed by atoms with Crippen LogP contribution in [0.4, 0.5) is 0 Å². The van der Waals surface area contributed by atoms with Gasteiger partial charge in [-0.2, -0.15) is 4.98 Å². The van der Waals surface area contributed by atoms with Crippen LogP contribution in [0.15, 0.2) is 51.5 Å². The lowest BCUT2D eigenvalue weighted by atomic mass is 10.2. The number of benzene rings is 1. The first-order valence-corrected chi connectivity index (χ1v) is 10.5. The highest BCUT2D eigenvalue weighted by Gasteiger charge is 2.13. The smallest absolute Gasteiger partial charge is 0.227 e. The highest BCUT2D eigenvalue weighted by molar-refractivity contribution is 7.99. The fourth-order valence-electron chi connectivity index (χ4n) is 2.56. The molecule has 28 heavy (non-hydrogen) atoms. The van der Waals surface area contributed by atoms with Crippen LogP contribution in [0, 0.1) is 0 Å². The molecule has 0 radical (unpaired) electrons. The molecular weight excluding hydrogens is 396 g/mol. The lowest BCUT2D eigenvalue weighted by Crippen LogP contribution is -2.11. The number of thioether (sulfide) groups is 1. The molecule has 0 aliphatic rings. The molecule has 8 nitrogen and oxygen atoms in total. The van der Waals surface area contributed by atoms with Crippen LogP contribution in [0.2, 0.25) is 0 Å². The van der Waals surface area contributed by atoms with Crippen molar-refractivity contribution in [1.29, 1.82) is 0 Å². The molecule has 0 spiro atoms. The number of nitrogen functional groups attached to an aromatic ring is 1. The summed E-state index contributed by atoms with van der Waals surface area (Å²) in [7, 11) is 1.63. The van der Waals surface area contributed by atoms with Gasteiger partial charge in [-0.15, -0.1) is 21.5 Å². The van der Waals surface area contributed by atoms with Crippen molar-refractivity contribution in [2.75, 3.05) is 18.7 Å². The van der Waals surface area contributed by atoms with Crippen LogP contribution >= 0.6 is 23.1 Å². The van der Waals surface area contributed by atoms with E-state index in [1.54, 1.807) is 30.2 Å². The molecule has 0 saturated heterocycles. The van der Waals surface area contributed by atoms with Crippen molar-refractivity contribution in [1.82, 2.24) is 25.0 Å². The van der Waals surface area contributed by atoms with Crippen molar-refractivity contribution in [3.05, 3.63) is 47.7 Å². The van der Waals surface area contributed by atoms with Crippen LogP contribution in [0.5, 0.6) is 5.75 Å². The van der Waals surface area contributed by atoms with E-state index in [2.05, 4.69) is 20.3 Å². The predicted octanol–water partition coefficient (Wildman–Crippen LogP) is 3.50. The molecule has 0 aliphatic heterocycles. The second kappa shape index (κ2) is 8.44. The molecule has 0 atom stereocenters. The van der Waals surface area contributed by atoms with E-state index in [9.17, 15) is 0 Å². The third kappa shape index (κ3) is 4.02. The Morgan fingerprint density at radius 2 is 2.07 bits per heavy atom. The minimum absolute atomic E-state index is 0.614. The predicted molar refractivity (Wildman–Crippen MR) is 109 cm³/mol. The molecule has 2 N–H and O–H groups in total. The summed E-state index contributed by atoms with van der Waals surface area (Å²) in [5.41, 5.74) is 0.884. The number of aromatic nitrogens is 5. The Balaban J connectivity index is 1.31. The van der Waals surface area contributed by atoms with E-state index in [-0.39, 0.29) is 0 Å². The molecule has 0 bridgehead atoms. The fraction of sp³-hybridized carbons (Fsp3) is 0.222. The van der Waals surface area contributed by atoms with Gasteiger partial charge in [0.1, 0.15) is 5.75 Å². The van der Waals surface area contributed by atoms with Gasteiger partial charge in [0.15, 0.2) is 5.82 Å². The molecule has 1 aromatic carbocycles. The van der Waals surface area contributed by atoms with Gasteiger partial charge < -0.3 is 15.1 Å². The SMILES string of the molecule is COc1ccc(-c2nnc(SCCCc3nc(-c4cccs4)no3)n2N)cc1. The highest BCUT2D eigenvalue weighted by Crippen LogP contribution is 2.25. The highest BCUT2D eigenvalue weighted by atomic mass is 32.2. The van der Waals surface area contributed by atoms with Crippen LogP contribution in [0.3, 0.4) is 0 Å². The third-order valence-electron chi connectivity index (χ3n) is 3.99. The Labute approximate surface area is 169 Å². The van der Waals surface area contributed by atoms with Crippen molar-refractivity contribution < 1.29 is 9.26 Å². The van der Waals surface area contributed by atoms with Crippen LogP contribution in [-0.4, -0.2) is 37.9 Å². The van der Waals surface area contributed by atoms with E-state index in [1.165, 1.54) is 4.68 Å². The lowest BCUT2D eigenvalue weighted by Gasteiger charge is -2.04. The van der Waals surface area contributed by atoms with Gasteiger partial charge in [0.05, 0.1) is 12.0 Å². The van der Waals surface area contributed by atoms with E-state index in [0.29, 0.717) is 29.1 Å². The first-order valence-electron chi connectivity index (χ1n) is 8.59. The molecule has 0 fully saturated rings. The van der Waals surface area contributed by atoms with Gasteiger partial charge in [-0.05, 0) is 42.1 Å². The number of methoxy groups -OCH3 is 1. The molecular formula is C18H18N6O2S2. The Kier molecular flexibility index (Phi) is 5.58. The molecule has 4 aromatic rings. The summed E-state index contributed by atoms with van der Waals surface area (Å²) < 4.78 is 12.0. The zero-order chi connectivity index (χ0) is 19.3. The molecule has 3 aromatic heterocycles. The minimum Gasteiger partial charge on any atom is -0.497 e. The number of ether oxygens (including phenoxy) is 1. The minimum atomic E-state index is 0.614. The summed E-state index contributed by atoms with van der Waals surface area (Å²) in [6.45, 7) is 0. The van der Waals surface area contributed by atoms with Gasteiger partial charge in [0.25, 0.3) is 0 Å². The first-order chi connectivity index (χ1) is 13.7. The number of thiophene rings is 1. The normalized spacial score (nSPS) is 11.0. The van der Waals surface area contributed by atoms with E-state index in [4.69, 9.17) is 15.1 Å². The number of nitrogens with two attached hydrogens (primary N) is 1. The second-order valence-electron chi connectivity index (χ2n) is 5.85. The monoisotopic (exact) mass is 414 g/mol. The van der Waals surface area contributed by atoms with Crippen LogP contribution in [-0.2, 0) is 6.42 Å². The van der Waals surface area contributed by atoms with E-state index in [1.807, 2.05) is 41.8 Å². The number of nitrogens with zero attached hydrogens (tertiary/aromatic N) is 5. The van der Waals surface area contributed by atoms with Gasteiger partial charge in [-0.3, -0.25) is 0 Å². The average Bonchev–Trinajstić information content (AvgIpc) is 3.47. The number of hydrogen-bond donors (Lipinski definition) is 1. The largest absolute Gasteiger partial charge is 0.497 e. The van der Waals surface area contributed by atoms with Gasteiger partial charge in [0, 0.05) is 17.7 Å². The maximum Gasteiger partial charge on any atom is 0.227 e. The van der Waals surface area contributed by atoms with Crippen LogP contribution < -0.4 is 10.6 Å². The Hall–Kier alpha value is -2.85. The maximum atomic E-state index is 6.16. The number of hydrogen-bond acceptors (Lipinski definition) is 9. The number of rotatable bonds is 8. The summed E-state index contributed by atoms with van der Waals surface area (Å²) >= 11 is 3.14. The van der Waals surface area contributed by atoms with Crippen molar-refractivity contribution in [3.8, 4) is 27.8 Å². The third-order valence-corrected chi connectivity index (χ3v) is 5.88. The Bertz CT molecular complexity index is 1030.